The molecule has 0 N–H and O–H groups in total. The molecule has 0 saturated heterocycles. The fourth-order valence-electron chi connectivity index (χ4n) is 2.37. The minimum atomic E-state index is -3.09. The maximum absolute atomic E-state index is 12.1. The second-order valence-corrected chi connectivity index (χ2v) is 7.32. The van der Waals surface area contributed by atoms with Crippen molar-refractivity contribution in [3.8, 4) is 0 Å². The van der Waals surface area contributed by atoms with Crippen LogP contribution < -0.4 is 0 Å². The average molecular weight is 256 g/mol. The van der Waals surface area contributed by atoms with Gasteiger partial charge >= 0.3 is 0 Å². The van der Waals surface area contributed by atoms with E-state index in [4.69, 9.17) is 4.52 Å². The van der Waals surface area contributed by atoms with Crippen LogP contribution in [0, 0.1) is 0 Å². The predicted molar refractivity (Wildman–Crippen MR) is 61.2 cm³/mol. The summed E-state index contributed by atoms with van der Waals surface area (Å²) in [5.41, 5.74) is 0. The highest BCUT2D eigenvalue weighted by atomic mass is 32.2. The van der Waals surface area contributed by atoms with E-state index in [2.05, 4.69) is 10.1 Å². The van der Waals surface area contributed by atoms with Crippen molar-refractivity contribution in [2.45, 2.75) is 55.4 Å². The lowest BCUT2D eigenvalue weighted by Gasteiger charge is -2.08. The molecule has 0 bridgehead atoms. The third kappa shape index (κ3) is 2.36. The Hall–Kier alpha value is -0.910. The first-order valence-corrected chi connectivity index (χ1v) is 7.91. The van der Waals surface area contributed by atoms with E-state index < -0.39 is 9.84 Å². The third-order valence-electron chi connectivity index (χ3n) is 3.55. The number of aromatic nitrogens is 2. The van der Waals surface area contributed by atoms with Gasteiger partial charge in [0.05, 0.1) is 5.25 Å². The minimum Gasteiger partial charge on any atom is -0.339 e. The molecule has 2 aliphatic rings. The predicted octanol–water partition coefficient (Wildman–Crippen LogP) is 1.80. The van der Waals surface area contributed by atoms with Crippen LogP contribution >= 0.6 is 0 Å². The van der Waals surface area contributed by atoms with E-state index in [1.165, 1.54) is 0 Å². The van der Waals surface area contributed by atoms with Crippen LogP contribution in [0.2, 0.25) is 0 Å². The van der Waals surface area contributed by atoms with Crippen molar-refractivity contribution in [3.63, 3.8) is 0 Å². The Kier molecular flexibility index (Phi) is 2.69. The maximum Gasteiger partial charge on any atom is 0.229 e. The molecule has 3 rings (SSSR count). The van der Waals surface area contributed by atoms with Crippen LogP contribution in [-0.4, -0.2) is 23.8 Å². The van der Waals surface area contributed by atoms with Gasteiger partial charge in [0.15, 0.2) is 15.7 Å². The van der Waals surface area contributed by atoms with Gasteiger partial charge in [0.25, 0.3) is 0 Å². The highest BCUT2D eigenvalue weighted by Crippen LogP contribution is 2.39. The monoisotopic (exact) mass is 256 g/mol. The van der Waals surface area contributed by atoms with E-state index in [9.17, 15) is 8.42 Å². The van der Waals surface area contributed by atoms with Crippen molar-refractivity contribution in [3.05, 3.63) is 11.7 Å². The van der Waals surface area contributed by atoms with Gasteiger partial charge in [-0.05, 0) is 25.7 Å². The summed E-state index contributed by atoms with van der Waals surface area (Å²) in [4.78, 5) is 4.17. The molecule has 1 aromatic heterocycles. The number of hydrogen-bond acceptors (Lipinski definition) is 5. The highest BCUT2D eigenvalue weighted by molar-refractivity contribution is 7.91. The summed E-state index contributed by atoms with van der Waals surface area (Å²) < 4.78 is 29.2. The van der Waals surface area contributed by atoms with E-state index in [1.807, 2.05) is 0 Å². The molecular formula is C11H16N2O3S. The Labute approximate surface area is 101 Å². The van der Waals surface area contributed by atoms with Gasteiger partial charge in [0, 0.05) is 5.92 Å². The second kappa shape index (κ2) is 4.08. The van der Waals surface area contributed by atoms with Gasteiger partial charge < -0.3 is 4.52 Å². The standard InChI is InChI=1S/C11H16N2O3S/c14-17(15,9-3-1-2-4-9)7-10-12-11(16-13-10)8-5-6-8/h8-9H,1-7H2. The summed E-state index contributed by atoms with van der Waals surface area (Å²) in [5, 5.41) is 3.58. The average Bonchev–Trinajstić information content (AvgIpc) is 2.81. The number of rotatable bonds is 4. The van der Waals surface area contributed by atoms with Crippen LogP contribution in [0.3, 0.4) is 0 Å². The second-order valence-electron chi connectivity index (χ2n) is 5.04. The normalized spacial score (nSPS) is 22.1. The van der Waals surface area contributed by atoms with Crippen molar-refractivity contribution in [2.75, 3.05) is 0 Å². The van der Waals surface area contributed by atoms with Crippen LogP contribution in [0.4, 0.5) is 0 Å². The molecule has 1 heterocycles. The molecule has 0 spiro atoms. The molecule has 94 valence electrons. The van der Waals surface area contributed by atoms with Crippen LogP contribution in [-0.2, 0) is 15.6 Å². The molecule has 2 aliphatic carbocycles. The van der Waals surface area contributed by atoms with E-state index >= 15 is 0 Å². The largest absolute Gasteiger partial charge is 0.339 e. The van der Waals surface area contributed by atoms with Crippen molar-refractivity contribution >= 4 is 9.84 Å². The summed E-state index contributed by atoms with van der Waals surface area (Å²) in [6.07, 6.45) is 5.77. The molecule has 5 nitrogen and oxygen atoms in total. The van der Waals surface area contributed by atoms with Crippen molar-refractivity contribution in [1.29, 1.82) is 0 Å². The zero-order chi connectivity index (χ0) is 11.9. The molecule has 6 heteroatoms. The molecule has 0 amide bonds. The summed E-state index contributed by atoms with van der Waals surface area (Å²) >= 11 is 0. The molecule has 0 unspecified atom stereocenters. The highest BCUT2D eigenvalue weighted by Gasteiger charge is 2.33. The van der Waals surface area contributed by atoms with Crippen molar-refractivity contribution < 1.29 is 12.9 Å². The molecular weight excluding hydrogens is 240 g/mol. The summed E-state index contributed by atoms with van der Waals surface area (Å²) in [6.45, 7) is 0. The van der Waals surface area contributed by atoms with Gasteiger partial charge in [-0.3, -0.25) is 0 Å². The van der Waals surface area contributed by atoms with Gasteiger partial charge in [-0.15, -0.1) is 0 Å². The van der Waals surface area contributed by atoms with Crippen LogP contribution in [0.25, 0.3) is 0 Å². The van der Waals surface area contributed by atoms with Crippen molar-refractivity contribution in [2.24, 2.45) is 0 Å². The smallest absolute Gasteiger partial charge is 0.229 e. The van der Waals surface area contributed by atoms with Crippen LogP contribution in [0.5, 0.6) is 0 Å². The molecule has 17 heavy (non-hydrogen) atoms. The van der Waals surface area contributed by atoms with Crippen molar-refractivity contribution in [1.82, 2.24) is 10.1 Å². The molecule has 2 saturated carbocycles. The molecule has 0 aromatic carbocycles. The first-order valence-electron chi connectivity index (χ1n) is 6.19. The topological polar surface area (TPSA) is 73.1 Å². The lowest BCUT2D eigenvalue weighted by atomic mass is 10.4. The quantitative estimate of drug-likeness (QED) is 0.821. The molecule has 1 aromatic rings. The number of nitrogens with zero attached hydrogens (tertiary/aromatic N) is 2. The van der Waals surface area contributed by atoms with Gasteiger partial charge in [-0.25, -0.2) is 8.42 Å². The molecule has 0 radical (unpaired) electrons. The fourth-order valence-corrected chi connectivity index (χ4v) is 4.13. The van der Waals surface area contributed by atoms with Crippen LogP contribution in [0.15, 0.2) is 4.52 Å². The lowest BCUT2D eigenvalue weighted by Crippen LogP contribution is -2.20. The third-order valence-corrected chi connectivity index (χ3v) is 5.70. The van der Waals surface area contributed by atoms with E-state index in [1.54, 1.807) is 0 Å². The van der Waals surface area contributed by atoms with E-state index in [0.29, 0.717) is 17.6 Å². The zero-order valence-corrected chi connectivity index (χ0v) is 10.4. The Bertz CT molecular complexity index is 499. The molecule has 0 atom stereocenters. The summed E-state index contributed by atoms with van der Waals surface area (Å²) in [7, 11) is -3.09. The van der Waals surface area contributed by atoms with E-state index in [0.717, 1.165) is 38.5 Å². The Balaban J connectivity index is 1.71. The molecule has 2 fully saturated rings. The lowest BCUT2D eigenvalue weighted by molar-refractivity contribution is 0.375. The molecule has 0 aliphatic heterocycles. The first kappa shape index (κ1) is 11.2. The van der Waals surface area contributed by atoms with Gasteiger partial charge in [-0.2, -0.15) is 4.98 Å². The number of hydrogen-bond donors (Lipinski definition) is 0. The Morgan fingerprint density at radius 1 is 1.18 bits per heavy atom. The maximum atomic E-state index is 12.1. The zero-order valence-electron chi connectivity index (χ0n) is 9.63. The SMILES string of the molecule is O=S(=O)(Cc1noc(C2CC2)n1)C1CCCC1. The Morgan fingerprint density at radius 3 is 2.53 bits per heavy atom. The number of sulfone groups is 1. The van der Waals surface area contributed by atoms with E-state index in [-0.39, 0.29) is 11.0 Å². The Morgan fingerprint density at radius 2 is 1.88 bits per heavy atom. The minimum absolute atomic E-state index is 0.0616. The van der Waals surface area contributed by atoms with Gasteiger partial charge in [-0.1, -0.05) is 18.0 Å². The van der Waals surface area contributed by atoms with Crippen LogP contribution in [0.1, 0.15) is 56.2 Å². The summed E-state index contributed by atoms with van der Waals surface area (Å²) in [6, 6.07) is 0. The first-order chi connectivity index (χ1) is 8.15. The summed E-state index contributed by atoms with van der Waals surface area (Å²) in [5.74, 6) is 1.26. The van der Waals surface area contributed by atoms with Gasteiger partial charge in [0.2, 0.25) is 5.89 Å². The fraction of sp³-hybridized carbons (Fsp3) is 0.818. The van der Waals surface area contributed by atoms with Gasteiger partial charge in [0.1, 0.15) is 5.75 Å².